The number of hydrogen-bond acceptors (Lipinski definition) is 7. The maximum absolute atomic E-state index is 13.9. The average Bonchev–Trinajstić information content (AvgIpc) is 3.82. The van der Waals surface area contributed by atoms with Crippen LogP contribution in [0.2, 0.25) is 10.0 Å². The lowest BCUT2D eigenvalue weighted by molar-refractivity contribution is 0.0717. The van der Waals surface area contributed by atoms with Crippen LogP contribution in [-0.4, -0.2) is 65.1 Å². The molecule has 0 spiro atoms. The van der Waals surface area contributed by atoms with Crippen LogP contribution in [0.25, 0.3) is 16.3 Å². The third-order valence-electron chi connectivity index (χ3n) is 8.41. The first-order valence-corrected chi connectivity index (χ1v) is 17.8. The number of carbonyl (C=O) groups is 1. The minimum Gasteiger partial charge on any atom is -0.759 e. The lowest BCUT2D eigenvalue weighted by Gasteiger charge is -2.33. The van der Waals surface area contributed by atoms with Crippen molar-refractivity contribution in [2.24, 2.45) is 5.92 Å². The summed E-state index contributed by atoms with van der Waals surface area (Å²) in [6, 6.07) is 9.05. The van der Waals surface area contributed by atoms with Crippen molar-refractivity contribution in [1.82, 2.24) is 29.6 Å². The molecule has 0 radical (unpaired) electrons. The Hall–Kier alpha value is -2.27. The first-order chi connectivity index (χ1) is 21.4. The van der Waals surface area contributed by atoms with Gasteiger partial charge < -0.3 is 4.55 Å². The summed E-state index contributed by atoms with van der Waals surface area (Å²) >= 11 is 11.9. The highest BCUT2D eigenvalue weighted by Crippen LogP contribution is 2.38. The molecule has 44 heavy (non-hydrogen) atoms. The van der Waals surface area contributed by atoms with Gasteiger partial charge in [0.1, 0.15) is 0 Å². The second-order valence-corrected chi connectivity index (χ2v) is 14.3. The normalized spacial score (nSPS) is 18.9. The summed E-state index contributed by atoms with van der Waals surface area (Å²) in [4.78, 5) is 15.6. The maximum Gasteiger partial charge on any atom is 0.286 e. The second kappa shape index (κ2) is 14.4. The highest BCUT2D eigenvalue weighted by Gasteiger charge is 2.31. The maximum atomic E-state index is 13.9. The minimum atomic E-state index is -2.56. The Kier molecular flexibility index (Phi) is 10.4. The van der Waals surface area contributed by atoms with Crippen molar-refractivity contribution < 1.29 is 13.6 Å². The van der Waals surface area contributed by atoms with Crippen molar-refractivity contribution >= 4 is 51.7 Å². The molecule has 3 aliphatic rings. The summed E-state index contributed by atoms with van der Waals surface area (Å²) in [6.45, 7) is 2.68. The Morgan fingerprint density at radius 1 is 1.05 bits per heavy atom. The van der Waals surface area contributed by atoms with Crippen LogP contribution < -0.4 is 5.43 Å². The van der Waals surface area contributed by atoms with E-state index in [4.69, 9.17) is 28.3 Å². The monoisotopic (exact) mass is 673 g/mol. The number of nitrogens with zero attached hydrogens (tertiary/aromatic N) is 5. The number of hydrazine groups is 2. The van der Waals surface area contributed by atoms with Gasteiger partial charge in [0, 0.05) is 53.9 Å². The summed E-state index contributed by atoms with van der Waals surface area (Å²) in [5.41, 5.74) is 4.82. The van der Waals surface area contributed by atoms with E-state index in [1.165, 1.54) is 28.6 Å². The highest BCUT2D eigenvalue weighted by molar-refractivity contribution is 7.76. The standard InChI is InChI=1S/C31H36Cl2N6O3S2/c32-23-11-14-27(26(33)20-23)39-30(28-15-13-24(43-28)12-10-22-8-2-3-9-22)25(21-38(44(41)42)37-18-6-7-19-37)29(34-39)31(40)35-36-16-4-1-5-17-36/h11,13-15,20,22H,1-9,16-19,21H2,(H,35,40)(H,41,42)/p-1. The first-order valence-electron chi connectivity index (χ1n) is 15.2. The molecule has 1 aromatic carbocycles. The third kappa shape index (κ3) is 7.24. The van der Waals surface area contributed by atoms with E-state index >= 15 is 0 Å². The van der Waals surface area contributed by atoms with Gasteiger partial charge in [-0.2, -0.15) is 9.51 Å². The molecular formula is C31H35Cl2N6O3S2-. The second-order valence-electron chi connectivity index (χ2n) is 11.5. The van der Waals surface area contributed by atoms with E-state index in [-0.39, 0.29) is 18.1 Å². The molecule has 234 valence electrons. The van der Waals surface area contributed by atoms with E-state index in [1.54, 1.807) is 22.9 Å². The quantitative estimate of drug-likeness (QED) is 0.226. The number of nitrogens with one attached hydrogen (secondary N) is 1. The Morgan fingerprint density at radius 3 is 2.48 bits per heavy atom. The van der Waals surface area contributed by atoms with Crippen molar-refractivity contribution in [1.29, 1.82) is 0 Å². The van der Waals surface area contributed by atoms with Gasteiger partial charge in [-0.05, 0) is 68.9 Å². The van der Waals surface area contributed by atoms with Crippen LogP contribution in [0.5, 0.6) is 0 Å². The van der Waals surface area contributed by atoms with E-state index in [1.807, 2.05) is 22.2 Å². The molecule has 2 aromatic heterocycles. The predicted molar refractivity (Wildman–Crippen MR) is 174 cm³/mol. The number of piperidine rings is 1. The molecule has 1 atom stereocenters. The van der Waals surface area contributed by atoms with E-state index in [0.29, 0.717) is 46.0 Å². The van der Waals surface area contributed by atoms with Crippen LogP contribution in [0.1, 0.15) is 78.7 Å². The molecule has 3 fully saturated rings. The van der Waals surface area contributed by atoms with E-state index in [9.17, 15) is 13.6 Å². The van der Waals surface area contributed by atoms with Gasteiger partial charge in [0.25, 0.3) is 5.91 Å². The molecule has 6 rings (SSSR count). The van der Waals surface area contributed by atoms with Crippen molar-refractivity contribution in [3.63, 3.8) is 0 Å². The number of thiophene rings is 1. The van der Waals surface area contributed by atoms with E-state index in [0.717, 1.165) is 67.8 Å². The molecule has 2 aliphatic heterocycles. The van der Waals surface area contributed by atoms with Crippen molar-refractivity contribution in [3.8, 4) is 28.1 Å². The SMILES string of the molecule is O=C(NN1CCCCC1)c1nn(-c2ccc(Cl)cc2Cl)c(-c2ccc(C#CC3CCCC3)s2)c1CN(N1CCCC1)S(=O)[O-]. The van der Waals surface area contributed by atoms with Crippen molar-refractivity contribution in [2.45, 2.75) is 64.3 Å². The fourth-order valence-electron chi connectivity index (χ4n) is 6.15. The molecule has 1 N–H and O–H groups in total. The van der Waals surface area contributed by atoms with Gasteiger partial charge >= 0.3 is 0 Å². The first kappa shape index (κ1) is 31.7. The summed E-state index contributed by atoms with van der Waals surface area (Å²) in [5.74, 6) is 6.81. The molecular weight excluding hydrogens is 639 g/mol. The number of rotatable bonds is 8. The molecule has 2 saturated heterocycles. The number of halogens is 2. The smallest absolute Gasteiger partial charge is 0.286 e. The summed E-state index contributed by atoms with van der Waals surface area (Å²) in [6.07, 6.45) is 9.60. The Balaban J connectivity index is 1.48. The number of benzene rings is 1. The summed E-state index contributed by atoms with van der Waals surface area (Å²) in [7, 11) is 0. The fourth-order valence-corrected chi connectivity index (χ4v) is 8.15. The van der Waals surface area contributed by atoms with Gasteiger partial charge in [-0.3, -0.25) is 14.4 Å². The topological polar surface area (TPSA) is 96.8 Å². The van der Waals surface area contributed by atoms with Gasteiger partial charge in [-0.25, -0.2) is 14.7 Å². The summed E-state index contributed by atoms with van der Waals surface area (Å²) < 4.78 is 28.2. The van der Waals surface area contributed by atoms with Gasteiger partial charge in [0.2, 0.25) is 0 Å². The fraction of sp³-hybridized carbons (Fsp3) is 0.484. The highest BCUT2D eigenvalue weighted by atomic mass is 35.5. The van der Waals surface area contributed by atoms with E-state index in [2.05, 4.69) is 17.3 Å². The largest absolute Gasteiger partial charge is 0.759 e. The Morgan fingerprint density at radius 2 is 1.77 bits per heavy atom. The average molecular weight is 675 g/mol. The molecule has 1 unspecified atom stereocenters. The van der Waals surface area contributed by atoms with Crippen LogP contribution in [0.15, 0.2) is 30.3 Å². The number of carbonyl (C=O) groups excluding carboxylic acids is 1. The van der Waals surface area contributed by atoms with Crippen LogP contribution in [0, 0.1) is 17.8 Å². The molecule has 1 aliphatic carbocycles. The van der Waals surface area contributed by atoms with Gasteiger partial charge in [-0.15, -0.1) is 11.3 Å². The van der Waals surface area contributed by atoms with Crippen LogP contribution in [0.3, 0.4) is 0 Å². The van der Waals surface area contributed by atoms with Gasteiger partial charge in [0.15, 0.2) is 5.69 Å². The molecule has 1 saturated carbocycles. The van der Waals surface area contributed by atoms with Crippen LogP contribution in [0.4, 0.5) is 0 Å². The number of amides is 1. The summed E-state index contributed by atoms with van der Waals surface area (Å²) in [5, 5.41) is 9.40. The van der Waals surface area contributed by atoms with E-state index < -0.39 is 11.3 Å². The number of hydrogen-bond donors (Lipinski definition) is 1. The van der Waals surface area contributed by atoms with Crippen LogP contribution >= 0.6 is 34.5 Å². The zero-order chi connectivity index (χ0) is 30.6. The van der Waals surface area contributed by atoms with Crippen LogP contribution in [-0.2, 0) is 17.8 Å². The number of aromatic nitrogens is 2. The molecule has 1 amide bonds. The molecule has 9 nitrogen and oxygen atoms in total. The lowest BCUT2D eigenvalue weighted by Crippen LogP contribution is -2.46. The molecule has 13 heteroatoms. The van der Waals surface area contributed by atoms with Crippen molar-refractivity contribution in [2.75, 3.05) is 26.2 Å². The van der Waals surface area contributed by atoms with Gasteiger partial charge in [0.05, 0.1) is 32.7 Å². The zero-order valence-corrected chi connectivity index (χ0v) is 27.5. The predicted octanol–water partition coefficient (Wildman–Crippen LogP) is 6.19. The third-order valence-corrected chi connectivity index (χ3v) is 10.7. The molecule has 0 bridgehead atoms. The van der Waals surface area contributed by atoms with Crippen molar-refractivity contribution in [3.05, 3.63) is 56.5 Å². The zero-order valence-electron chi connectivity index (χ0n) is 24.4. The molecule has 4 heterocycles. The lowest BCUT2D eigenvalue weighted by atomic mass is 10.1. The molecule has 3 aromatic rings. The van der Waals surface area contributed by atoms with Gasteiger partial charge in [-0.1, -0.05) is 54.3 Å². The Labute approximate surface area is 274 Å². The minimum absolute atomic E-state index is 0.0552. The Bertz CT molecular complexity index is 1580.